The molecule has 0 radical (unpaired) electrons. The summed E-state index contributed by atoms with van der Waals surface area (Å²) in [6.07, 6.45) is 4.24. The van der Waals surface area contributed by atoms with Crippen LogP contribution in [0, 0.1) is 40.4 Å². The van der Waals surface area contributed by atoms with Crippen LogP contribution in [0.25, 0.3) is 0 Å². The maximum atomic E-state index is 13.2. The fourth-order valence-corrected chi connectivity index (χ4v) is 9.93. The highest BCUT2D eigenvalue weighted by Gasteiger charge is 2.58. The minimum atomic E-state index is -3.60. The number of nitriles is 1. The van der Waals surface area contributed by atoms with Crippen molar-refractivity contribution in [3.63, 3.8) is 0 Å². The molecule has 6 rings (SSSR count). The van der Waals surface area contributed by atoms with Crippen molar-refractivity contribution in [1.82, 2.24) is 9.62 Å². The summed E-state index contributed by atoms with van der Waals surface area (Å²) in [5, 5.41) is 12.6. The predicted molar refractivity (Wildman–Crippen MR) is 139 cm³/mol. The van der Waals surface area contributed by atoms with Gasteiger partial charge in [0.2, 0.25) is 11.8 Å². The molecule has 1 saturated heterocycles. The zero-order valence-electron chi connectivity index (χ0n) is 20.0. The molecule has 5 N–H and O–H groups in total. The van der Waals surface area contributed by atoms with E-state index in [1.54, 1.807) is 0 Å². The quantitative estimate of drug-likeness (QED) is 0.429. The highest BCUT2D eigenvalue weighted by atomic mass is 35.5. The molecule has 3 unspecified atom stereocenters. The molecule has 9 nitrogen and oxygen atoms in total. The van der Waals surface area contributed by atoms with Gasteiger partial charge in [-0.15, -0.1) is 0 Å². The monoisotopic (exact) mass is 555 g/mol. The van der Waals surface area contributed by atoms with Crippen LogP contribution in [0.4, 0.5) is 5.69 Å². The van der Waals surface area contributed by atoms with E-state index in [-0.39, 0.29) is 70.0 Å². The summed E-state index contributed by atoms with van der Waals surface area (Å²) < 4.78 is 25.3. The van der Waals surface area contributed by atoms with Crippen LogP contribution in [0.5, 0.6) is 0 Å². The molecule has 36 heavy (non-hydrogen) atoms. The molecule has 4 aliphatic carbocycles. The second-order valence-corrected chi connectivity index (χ2v) is 13.8. The van der Waals surface area contributed by atoms with Crippen molar-refractivity contribution in [1.29, 1.82) is 5.26 Å². The van der Waals surface area contributed by atoms with Gasteiger partial charge in [0.1, 0.15) is 0 Å². The van der Waals surface area contributed by atoms with Gasteiger partial charge in [-0.2, -0.15) is 9.57 Å². The van der Waals surface area contributed by atoms with Crippen LogP contribution in [0.1, 0.15) is 44.6 Å². The van der Waals surface area contributed by atoms with Crippen molar-refractivity contribution < 1.29 is 18.7 Å². The van der Waals surface area contributed by atoms with Gasteiger partial charge in [-0.25, -0.2) is 0 Å². The van der Waals surface area contributed by atoms with E-state index in [1.165, 1.54) is 20.7 Å². The van der Waals surface area contributed by atoms with Gasteiger partial charge in [-0.3, -0.25) is 23.0 Å². The molecule has 5 aliphatic rings. The lowest BCUT2D eigenvalue weighted by atomic mass is 9.47. The molecule has 2 amide bonds. The molecule has 196 valence electrons. The first-order valence-electron chi connectivity index (χ1n) is 12.2. The zero-order valence-corrected chi connectivity index (χ0v) is 22.3. The largest absolute Gasteiger partial charge is 0.369 e. The Hall–Kier alpha value is -1.74. The summed E-state index contributed by atoms with van der Waals surface area (Å²) in [4.78, 5) is 25.4. The predicted octanol–water partition coefficient (Wildman–Crippen LogP) is 4.00. The van der Waals surface area contributed by atoms with Crippen LogP contribution >= 0.6 is 34.2 Å². The van der Waals surface area contributed by atoms with E-state index in [2.05, 4.69) is 5.32 Å². The number of benzene rings is 1. The second-order valence-electron chi connectivity index (χ2n) is 11.1. The Kier molecular flexibility index (Phi) is 6.63. The Labute approximate surface area is 222 Å². The van der Waals surface area contributed by atoms with Gasteiger partial charge < -0.3 is 11.1 Å². The molecule has 1 aromatic rings. The van der Waals surface area contributed by atoms with Crippen molar-refractivity contribution in [2.75, 3.05) is 23.9 Å². The highest BCUT2D eigenvalue weighted by molar-refractivity contribution is 8.23. The molecule has 5 fully saturated rings. The molecule has 12 heteroatoms. The molecule has 0 spiro atoms. The highest BCUT2D eigenvalue weighted by Crippen LogP contribution is 2.60. The number of hydrogen-bond acceptors (Lipinski definition) is 7. The Balaban J connectivity index is 1.32. The maximum Gasteiger partial charge on any atom is 0.236 e. The third kappa shape index (κ3) is 4.34. The number of primary amides is 1. The maximum absolute atomic E-state index is 13.2. The third-order valence-corrected chi connectivity index (χ3v) is 10.9. The summed E-state index contributed by atoms with van der Waals surface area (Å²) in [6.45, 7) is 2.32. The minimum absolute atomic E-state index is 0.0166. The number of carbonyl (C=O) groups excluding carboxylic acids is 2. The van der Waals surface area contributed by atoms with Crippen LogP contribution in [0.15, 0.2) is 12.1 Å². The van der Waals surface area contributed by atoms with Gasteiger partial charge in [0, 0.05) is 24.5 Å². The second kappa shape index (κ2) is 9.22. The number of nitrogens with one attached hydrogen (secondary N) is 1. The van der Waals surface area contributed by atoms with E-state index in [1.807, 2.05) is 13.0 Å². The van der Waals surface area contributed by atoms with Crippen LogP contribution in [-0.2, 0) is 9.59 Å². The van der Waals surface area contributed by atoms with Crippen LogP contribution in [-0.4, -0.2) is 50.9 Å². The normalized spacial score (nSPS) is 35.8. The number of rotatable bonds is 5. The van der Waals surface area contributed by atoms with Gasteiger partial charge in [0.15, 0.2) is 0 Å². The Morgan fingerprint density at radius 2 is 1.81 bits per heavy atom. The number of nitrogens with two attached hydrogens (primary N) is 1. The van der Waals surface area contributed by atoms with Crippen LogP contribution in [0.2, 0.25) is 10.0 Å². The molecule has 4 bridgehead atoms. The van der Waals surface area contributed by atoms with E-state index in [0.717, 1.165) is 19.3 Å². The third-order valence-electron chi connectivity index (χ3n) is 8.47. The lowest BCUT2D eigenvalue weighted by molar-refractivity contribution is -0.147. The topological polar surface area (TPSA) is 143 Å². The number of carbonyl (C=O) groups is 2. The fraction of sp³-hybridized carbons (Fsp3) is 0.625. The van der Waals surface area contributed by atoms with E-state index < -0.39 is 16.4 Å². The summed E-state index contributed by atoms with van der Waals surface area (Å²) in [5.41, 5.74) is 5.84. The lowest BCUT2D eigenvalue weighted by Crippen LogP contribution is -2.63. The number of halogens is 2. The molecule has 1 aliphatic heterocycles. The Morgan fingerprint density at radius 1 is 1.19 bits per heavy atom. The molecule has 4 saturated carbocycles. The summed E-state index contributed by atoms with van der Waals surface area (Å²) in [6, 6.07) is 4.80. The lowest BCUT2D eigenvalue weighted by Gasteiger charge is -2.59. The van der Waals surface area contributed by atoms with Crippen molar-refractivity contribution in [2.24, 2.45) is 34.8 Å². The molecular formula is C24H31Cl2N5O4S. The standard InChI is InChI=1S/C24H31Cl2N5O4S/c1-13-10-30(36(34,35)31(11-13)22-18(25)4-15(9-27)5-19(22)26)12-20(32)29-21-16-2-14-3-17(21)8-24(6-14,7-16)23(28)33/h4-5,13-14,16-17,21,34-35H,2-3,6-8,10-12H2,1H3,(H2,28,33)(H,29,32). The van der Waals surface area contributed by atoms with E-state index in [0.29, 0.717) is 25.3 Å². The molecule has 1 aromatic carbocycles. The van der Waals surface area contributed by atoms with Crippen molar-refractivity contribution in [3.05, 3.63) is 27.7 Å². The van der Waals surface area contributed by atoms with Gasteiger partial charge in [-0.1, -0.05) is 30.1 Å². The van der Waals surface area contributed by atoms with Gasteiger partial charge in [-0.05, 0) is 78.9 Å². The van der Waals surface area contributed by atoms with Gasteiger partial charge in [0.05, 0.1) is 33.9 Å². The summed E-state index contributed by atoms with van der Waals surface area (Å²) >= 11 is 12.8. The van der Waals surface area contributed by atoms with E-state index >= 15 is 0 Å². The summed E-state index contributed by atoms with van der Waals surface area (Å²) in [5.74, 6) is 0.377. The first kappa shape index (κ1) is 25.9. The SMILES string of the molecule is CC1CN(CC(=O)NC2C3CC4CC2CC(C(N)=O)(C4)C3)S(O)(O)N(c2c(Cl)cc(C#N)cc2Cl)C1. The van der Waals surface area contributed by atoms with Crippen molar-refractivity contribution in [2.45, 2.75) is 45.1 Å². The average Bonchev–Trinajstić information content (AvgIpc) is 2.78. The first-order valence-corrected chi connectivity index (χ1v) is 14.4. The first-order chi connectivity index (χ1) is 16.9. The molecular weight excluding hydrogens is 525 g/mol. The number of anilines is 1. The minimum Gasteiger partial charge on any atom is -0.369 e. The fourth-order valence-electron chi connectivity index (χ4n) is 7.21. The smallest absolute Gasteiger partial charge is 0.236 e. The Morgan fingerprint density at radius 3 is 2.36 bits per heavy atom. The van der Waals surface area contributed by atoms with Crippen LogP contribution < -0.4 is 15.4 Å². The van der Waals surface area contributed by atoms with E-state index in [9.17, 15) is 24.0 Å². The van der Waals surface area contributed by atoms with Gasteiger partial charge >= 0.3 is 0 Å². The average molecular weight is 557 g/mol. The van der Waals surface area contributed by atoms with Crippen LogP contribution in [0.3, 0.4) is 0 Å². The zero-order chi connectivity index (χ0) is 26.0. The van der Waals surface area contributed by atoms with E-state index in [4.69, 9.17) is 28.9 Å². The molecule has 1 heterocycles. The number of nitrogens with zero attached hydrogens (tertiary/aromatic N) is 3. The Bertz CT molecular complexity index is 1100. The van der Waals surface area contributed by atoms with Crippen molar-refractivity contribution >= 4 is 51.7 Å². The van der Waals surface area contributed by atoms with Gasteiger partial charge in [0.25, 0.3) is 0 Å². The van der Waals surface area contributed by atoms with Crippen molar-refractivity contribution in [3.8, 4) is 6.07 Å². The number of hydrogen-bond donors (Lipinski definition) is 4. The number of amides is 2. The summed E-state index contributed by atoms with van der Waals surface area (Å²) in [7, 11) is -3.60. The molecule has 0 aromatic heterocycles. The molecule has 3 atom stereocenters.